The van der Waals surface area contributed by atoms with E-state index in [9.17, 15) is 4.79 Å². The van der Waals surface area contributed by atoms with E-state index in [2.05, 4.69) is 34.5 Å². The maximum Gasteiger partial charge on any atom is 0.260 e. The van der Waals surface area contributed by atoms with Crippen LogP contribution < -0.4 is 4.74 Å². The molecule has 0 unspecified atom stereocenters. The zero-order chi connectivity index (χ0) is 21.8. The van der Waals surface area contributed by atoms with E-state index < -0.39 is 0 Å². The van der Waals surface area contributed by atoms with Gasteiger partial charge in [0.05, 0.1) is 12.2 Å². The largest absolute Gasteiger partial charge is 0.484 e. The quantitative estimate of drug-likeness (QED) is 0.434. The van der Waals surface area contributed by atoms with Gasteiger partial charge in [0.1, 0.15) is 10.8 Å². The molecule has 6 heteroatoms. The molecule has 5 nitrogen and oxygen atoms in total. The first-order valence-electron chi connectivity index (χ1n) is 10.9. The van der Waals surface area contributed by atoms with Crippen LogP contribution in [0.1, 0.15) is 5.01 Å². The molecule has 1 saturated heterocycles. The number of piperazine rings is 1. The third-order valence-electron chi connectivity index (χ3n) is 5.79. The Bertz CT molecular complexity index is 1200. The van der Waals surface area contributed by atoms with Crippen LogP contribution in [0.3, 0.4) is 0 Å². The minimum atomic E-state index is 0.0402. The van der Waals surface area contributed by atoms with E-state index in [1.54, 1.807) is 11.3 Å². The SMILES string of the molecule is O=C(COc1ccc2ccccc2c1)N1CCN(Cc2nc(-c3ccccc3)cs2)CC1. The molecule has 162 valence electrons. The molecular formula is C26H25N3O2S. The Morgan fingerprint density at radius 1 is 0.906 bits per heavy atom. The highest BCUT2D eigenvalue weighted by atomic mass is 32.1. The third kappa shape index (κ3) is 4.82. The second-order valence-electron chi connectivity index (χ2n) is 7.95. The minimum Gasteiger partial charge on any atom is -0.484 e. The Labute approximate surface area is 191 Å². The topological polar surface area (TPSA) is 45.7 Å². The number of fused-ring (bicyclic) bond motifs is 1. The van der Waals surface area contributed by atoms with Crippen molar-refractivity contribution in [1.29, 1.82) is 0 Å². The van der Waals surface area contributed by atoms with Crippen LogP contribution in [0, 0.1) is 0 Å². The highest BCUT2D eigenvalue weighted by molar-refractivity contribution is 7.09. The van der Waals surface area contributed by atoms with Gasteiger partial charge in [-0.1, -0.05) is 60.7 Å². The molecule has 2 heterocycles. The molecule has 1 aliphatic rings. The Morgan fingerprint density at radius 2 is 1.66 bits per heavy atom. The molecule has 1 aromatic heterocycles. The molecule has 1 aliphatic heterocycles. The summed E-state index contributed by atoms with van der Waals surface area (Å²) >= 11 is 1.70. The van der Waals surface area contributed by atoms with Crippen molar-refractivity contribution >= 4 is 28.0 Å². The van der Waals surface area contributed by atoms with Crippen molar-refractivity contribution in [3.8, 4) is 17.0 Å². The van der Waals surface area contributed by atoms with E-state index in [1.165, 1.54) is 5.39 Å². The monoisotopic (exact) mass is 443 g/mol. The Balaban J connectivity index is 1.10. The number of hydrogen-bond donors (Lipinski definition) is 0. The van der Waals surface area contributed by atoms with Gasteiger partial charge in [0.25, 0.3) is 5.91 Å². The molecule has 0 atom stereocenters. The van der Waals surface area contributed by atoms with Gasteiger partial charge >= 0.3 is 0 Å². The second-order valence-corrected chi connectivity index (χ2v) is 8.89. The summed E-state index contributed by atoms with van der Waals surface area (Å²) in [5.74, 6) is 0.770. The van der Waals surface area contributed by atoms with Gasteiger partial charge < -0.3 is 9.64 Å². The van der Waals surface area contributed by atoms with Crippen molar-refractivity contribution in [1.82, 2.24) is 14.8 Å². The standard InChI is InChI=1S/C26H25N3O2S/c30-26(18-31-23-11-10-20-6-4-5-9-22(20)16-23)29-14-12-28(13-15-29)17-25-27-24(19-32-25)21-7-2-1-3-8-21/h1-11,16,19H,12-15,17-18H2. The molecule has 0 saturated carbocycles. The lowest BCUT2D eigenvalue weighted by Crippen LogP contribution is -2.49. The van der Waals surface area contributed by atoms with Crippen LogP contribution in [0.5, 0.6) is 5.75 Å². The van der Waals surface area contributed by atoms with Crippen LogP contribution in [0.15, 0.2) is 78.2 Å². The second kappa shape index (κ2) is 9.51. The van der Waals surface area contributed by atoms with Crippen LogP contribution in [0.25, 0.3) is 22.0 Å². The zero-order valence-electron chi connectivity index (χ0n) is 17.8. The van der Waals surface area contributed by atoms with Crippen molar-refractivity contribution < 1.29 is 9.53 Å². The fourth-order valence-electron chi connectivity index (χ4n) is 3.97. The summed E-state index contributed by atoms with van der Waals surface area (Å²) in [6.07, 6.45) is 0. The van der Waals surface area contributed by atoms with E-state index in [0.717, 1.165) is 60.1 Å². The van der Waals surface area contributed by atoms with Gasteiger partial charge in [-0.2, -0.15) is 0 Å². The number of carbonyl (C=O) groups is 1. The first kappa shape index (κ1) is 20.7. The summed E-state index contributed by atoms with van der Waals surface area (Å²) < 4.78 is 5.78. The Morgan fingerprint density at radius 3 is 2.47 bits per heavy atom. The molecule has 32 heavy (non-hydrogen) atoms. The molecule has 5 rings (SSSR count). The van der Waals surface area contributed by atoms with Gasteiger partial charge in [0.2, 0.25) is 0 Å². The fourth-order valence-corrected chi connectivity index (χ4v) is 4.81. The first-order valence-corrected chi connectivity index (χ1v) is 11.7. The van der Waals surface area contributed by atoms with Gasteiger partial charge in [0.15, 0.2) is 6.61 Å². The molecule has 0 radical (unpaired) electrons. The van der Waals surface area contributed by atoms with Crippen LogP contribution in [-0.2, 0) is 11.3 Å². The molecule has 1 amide bonds. The lowest BCUT2D eigenvalue weighted by molar-refractivity contribution is -0.135. The molecule has 0 aliphatic carbocycles. The molecule has 4 aromatic rings. The third-order valence-corrected chi connectivity index (χ3v) is 6.62. The maximum atomic E-state index is 12.6. The number of ether oxygens (including phenoxy) is 1. The van der Waals surface area contributed by atoms with Crippen LogP contribution in [0.4, 0.5) is 0 Å². The Hall–Kier alpha value is -3.22. The summed E-state index contributed by atoms with van der Waals surface area (Å²) in [6, 6.07) is 24.3. The summed E-state index contributed by atoms with van der Waals surface area (Å²) in [6.45, 7) is 4.04. The molecule has 1 fully saturated rings. The van der Waals surface area contributed by atoms with E-state index >= 15 is 0 Å². The number of rotatable bonds is 6. The summed E-state index contributed by atoms with van der Waals surface area (Å²) in [4.78, 5) is 21.7. The normalized spacial score (nSPS) is 14.6. The Kier molecular flexibility index (Phi) is 6.14. The average Bonchev–Trinajstić information content (AvgIpc) is 3.32. The number of nitrogens with zero attached hydrogens (tertiary/aromatic N) is 3. The smallest absolute Gasteiger partial charge is 0.260 e. The molecule has 0 spiro atoms. The summed E-state index contributed by atoms with van der Waals surface area (Å²) in [5, 5.41) is 5.51. The minimum absolute atomic E-state index is 0.0402. The van der Waals surface area contributed by atoms with Gasteiger partial charge in [-0.25, -0.2) is 4.98 Å². The molecule has 3 aromatic carbocycles. The van der Waals surface area contributed by atoms with Gasteiger partial charge in [0, 0.05) is 37.1 Å². The van der Waals surface area contributed by atoms with E-state index in [4.69, 9.17) is 9.72 Å². The van der Waals surface area contributed by atoms with Crippen LogP contribution in [-0.4, -0.2) is 53.5 Å². The number of aromatic nitrogens is 1. The van der Waals surface area contributed by atoms with E-state index in [0.29, 0.717) is 0 Å². The fraction of sp³-hybridized carbons (Fsp3) is 0.231. The van der Waals surface area contributed by atoms with Gasteiger partial charge in [-0.15, -0.1) is 11.3 Å². The number of benzene rings is 3. The van der Waals surface area contributed by atoms with Crippen molar-refractivity contribution in [2.75, 3.05) is 32.8 Å². The average molecular weight is 444 g/mol. The zero-order valence-corrected chi connectivity index (χ0v) is 18.6. The van der Waals surface area contributed by atoms with Crippen molar-refractivity contribution in [3.05, 3.63) is 83.2 Å². The summed E-state index contributed by atoms with van der Waals surface area (Å²) in [7, 11) is 0. The van der Waals surface area contributed by atoms with Crippen molar-refractivity contribution in [2.24, 2.45) is 0 Å². The van der Waals surface area contributed by atoms with E-state index in [1.807, 2.05) is 53.4 Å². The number of hydrogen-bond acceptors (Lipinski definition) is 5. The highest BCUT2D eigenvalue weighted by Crippen LogP contribution is 2.23. The number of amides is 1. The molecule has 0 bridgehead atoms. The lowest BCUT2D eigenvalue weighted by Gasteiger charge is -2.34. The number of thiazole rings is 1. The van der Waals surface area contributed by atoms with E-state index in [-0.39, 0.29) is 12.5 Å². The predicted molar refractivity (Wildman–Crippen MR) is 129 cm³/mol. The predicted octanol–water partition coefficient (Wildman–Crippen LogP) is 4.69. The van der Waals surface area contributed by atoms with Crippen molar-refractivity contribution in [2.45, 2.75) is 6.54 Å². The van der Waals surface area contributed by atoms with Gasteiger partial charge in [-0.05, 0) is 22.9 Å². The first-order chi connectivity index (χ1) is 15.7. The van der Waals surface area contributed by atoms with Crippen LogP contribution >= 0.6 is 11.3 Å². The summed E-state index contributed by atoms with van der Waals surface area (Å²) in [5.41, 5.74) is 2.18. The highest BCUT2D eigenvalue weighted by Gasteiger charge is 2.22. The van der Waals surface area contributed by atoms with Crippen LogP contribution in [0.2, 0.25) is 0 Å². The number of carbonyl (C=O) groups excluding carboxylic acids is 1. The molecule has 0 N–H and O–H groups in total. The molecular weight excluding hydrogens is 418 g/mol. The van der Waals surface area contributed by atoms with Gasteiger partial charge in [-0.3, -0.25) is 9.69 Å². The lowest BCUT2D eigenvalue weighted by atomic mass is 10.1. The van der Waals surface area contributed by atoms with Crippen molar-refractivity contribution in [3.63, 3.8) is 0 Å². The maximum absolute atomic E-state index is 12.6.